The van der Waals surface area contributed by atoms with Gasteiger partial charge in [-0.05, 0) is 24.3 Å². The molecule has 1 aliphatic rings. The number of halogens is 2. The zero-order chi connectivity index (χ0) is 18.8. The average molecular weight is 373 g/mol. The molecule has 26 heavy (non-hydrogen) atoms. The van der Waals surface area contributed by atoms with Gasteiger partial charge in [-0.2, -0.15) is 5.26 Å². The lowest BCUT2D eigenvalue weighted by molar-refractivity contribution is -0.119. The Hall–Kier alpha value is -3.24. The van der Waals surface area contributed by atoms with E-state index in [9.17, 15) is 19.6 Å². The monoisotopic (exact) mass is 372 g/mol. The molecule has 0 aromatic heterocycles. The molecule has 2 aromatic rings. The van der Waals surface area contributed by atoms with E-state index in [0.29, 0.717) is 11.3 Å². The van der Waals surface area contributed by atoms with Crippen molar-refractivity contribution in [2.45, 2.75) is 13.0 Å². The number of carbonyl (C=O) groups is 1. The molecule has 0 saturated heterocycles. The highest BCUT2D eigenvalue weighted by atomic mass is 35.5. The molecule has 132 valence electrons. The van der Waals surface area contributed by atoms with E-state index in [1.807, 2.05) is 0 Å². The van der Waals surface area contributed by atoms with E-state index in [0.717, 1.165) is 0 Å². The first-order valence-electron chi connectivity index (χ1n) is 7.62. The summed E-state index contributed by atoms with van der Waals surface area (Å²) in [5, 5.41) is 23.9. The number of nitrogens with one attached hydrogen (secondary N) is 2. The Morgan fingerprint density at radius 2 is 2.12 bits per heavy atom. The minimum absolute atomic E-state index is 0.00988. The van der Waals surface area contributed by atoms with E-state index in [4.69, 9.17) is 11.6 Å². The lowest BCUT2D eigenvalue weighted by atomic mass is 9.94. The van der Waals surface area contributed by atoms with Crippen LogP contribution >= 0.6 is 11.6 Å². The number of anilines is 2. The van der Waals surface area contributed by atoms with Crippen LogP contribution in [0.4, 0.5) is 15.8 Å². The maximum Gasteiger partial charge on any atom is 0.235 e. The molecule has 1 aliphatic heterocycles. The number of hydrogen-bond acceptors (Lipinski definition) is 5. The lowest BCUT2D eigenvalue weighted by Gasteiger charge is -2.33. The van der Waals surface area contributed by atoms with Crippen molar-refractivity contribution in [2.75, 3.05) is 10.3 Å². The third-order valence-corrected chi connectivity index (χ3v) is 4.04. The Morgan fingerprint density at radius 1 is 1.35 bits per heavy atom. The maximum absolute atomic E-state index is 14.2. The molecular weight excluding hydrogens is 359 g/mol. The van der Waals surface area contributed by atoms with E-state index in [2.05, 4.69) is 16.8 Å². The number of fused-ring (bicyclic) bond motifs is 1. The minimum atomic E-state index is -0.670. The number of nitrogens with zero attached hydrogens (tertiary/aromatic N) is 2. The molecular formula is C18H14ClFN4O2. The van der Waals surface area contributed by atoms with Crippen molar-refractivity contribution in [1.29, 1.82) is 5.26 Å². The predicted molar refractivity (Wildman–Crippen MR) is 95.9 cm³/mol. The average Bonchev–Trinajstić information content (AvgIpc) is 2.58. The van der Waals surface area contributed by atoms with Gasteiger partial charge in [0.25, 0.3) is 0 Å². The van der Waals surface area contributed by atoms with Crippen molar-refractivity contribution in [3.8, 4) is 11.8 Å². The second-order valence-electron chi connectivity index (χ2n) is 5.68. The van der Waals surface area contributed by atoms with Crippen LogP contribution < -0.4 is 15.8 Å². The van der Waals surface area contributed by atoms with Gasteiger partial charge in [0.2, 0.25) is 5.91 Å². The summed E-state index contributed by atoms with van der Waals surface area (Å²) in [5.74, 6) is -0.910. The minimum Gasteiger partial charge on any atom is -0.508 e. The van der Waals surface area contributed by atoms with Gasteiger partial charge in [-0.3, -0.25) is 15.2 Å². The van der Waals surface area contributed by atoms with Crippen molar-refractivity contribution in [2.24, 2.45) is 0 Å². The number of nitriles is 1. The summed E-state index contributed by atoms with van der Waals surface area (Å²) in [4.78, 5) is 11.4. The summed E-state index contributed by atoms with van der Waals surface area (Å²) >= 11 is 5.78. The first kappa shape index (κ1) is 17.6. The predicted octanol–water partition coefficient (Wildman–Crippen LogP) is 3.62. The number of rotatable bonds is 3. The Bertz CT molecular complexity index is 955. The van der Waals surface area contributed by atoms with Crippen LogP contribution in [0.3, 0.4) is 0 Å². The molecule has 0 bridgehead atoms. The molecule has 0 radical (unpaired) electrons. The summed E-state index contributed by atoms with van der Waals surface area (Å²) in [7, 11) is 0. The quantitative estimate of drug-likeness (QED) is 0.765. The number of phenolic OH excluding ortho intramolecular Hbond substituents is 1. The number of amides is 1. The number of aromatic hydroxyl groups is 1. The fraction of sp³-hybridized carbons (Fsp3) is 0.111. The van der Waals surface area contributed by atoms with Gasteiger partial charge in [0.05, 0.1) is 29.1 Å². The zero-order valence-corrected chi connectivity index (χ0v) is 14.4. The van der Waals surface area contributed by atoms with E-state index in [1.165, 1.54) is 48.5 Å². The third kappa shape index (κ3) is 3.41. The van der Waals surface area contributed by atoms with Crippen LogP contribution in [0.25, 0.3) is 0 Å². The molecule has 0 fully saturated rings. The highest BCUT2D eigenvalue weighted by molar-refractivity contribution is 6.30. The SMILES string of the molecule is CC(=O)NN1C=C(C#N)C(Nc2ccc(Cl)cc2F)c2ccc(O)cc21. The Morgan fingerprint density at radius 3 is 2.77 bits per heavy atom. The standard InChI is InChI=1S/C18H14ClFN4O2/c1-10(25)23-24-9-11(8-21)18(14-4-3-13(26)7-17(14)24)22-16-5-2-12(19)6-15(16)20/h2-7,9,18,22,26H,1H3,(H,23,25). The second-order valence-corrected chi connectivity index (χ2v) is 6.12. The largest absolute Gasteiger partial charge is 0.508 e. The first-order chi connectivity index (χ1) is 12.4. The van der Waals surface area contributed by atoms with Crippen LogP contribution in [0.1, 0.15) is 18.5 Å². The molecule has 2 aromatic carbocycles. The molecule has 0 saturated carbocycles. The summed E-state index contributed by atoms with van der Waals surface area (Å²) < 4.78 is 14.2. The summed E-state index contributed by atoms with van der Waals surface area (Å²) in [5.41, 5.74) is 4.05. The van der Waals surface area contributed by atoms with Crippen LogP contribution in [0.2, 0.25) is 5.02 Å². The normalized spacial score (nSPS) is 15.5. The van der Waals surface area contributed by atoms with Gasteiger partial charge in [-0.25, -0.2) is 4.39 Å². The molecule has 1 unspecified atom stereocenters. The topological polar surface area (TPSA) is 88.4 Å². The number of phenols is 1. The highest BCUT2D eigenvalue weighted by Crippen LogP contribution is 2.39. The molecule has 1 heterocycles. The van der Waals surface area contributed by atoms with Crippen LogP contribution in [-0.4, -0.2) is 11.0 Å². The van der Waals surface area contributed by atoms with Gasteiger partial charge in [0.1, 0.15) is 11.6 Å². The Kier molecular flexibility index (Phi) is 4.69. The Labute approximate surface area is 154 Å². The number of benzene rings is 2. The van der Waals surface area contributed by atoms with Crippen LogP contribution in [-0.2, 0) is 4.79 Å². The van der Waals surface area contributed by atoms with Crippen molar-refractivity contribution < 1.29 is 14.3 Å². The van der Waals surface area contributed by atoms with E-state index >= 15 is 0 Å². The second kappa shape index (κ2) is 6.94. The molecule has 3 rings (SSSR count). The van der Waals surface area contributed by atoms with Crippen molar-refractivity contribution in [1.82, 2.24) is 5.43 Å². The van der Waals surface area contributed by atoms with Crippen molar-refractivity contribution in [3.05, 3.63) is 64.6 Å². The first-order valence-corrected chi connectivity index (χ1v) is 7.99. The molecule has 0 spiro atoms. The van der Waals surface area contributed by atoms with Crippen LogP contribution in [0.15, 0.2) is 48.2 Å². The number of hydrazine groups is 1. The van der Waals surface area contributed by atoms with Crippen LogP contribution in [0.5, 0.6) is 5.75 Å². The molecule has 8 heteroatoms. The maximum atomic E-state index is 14.2. The molecule has 0 aliphatic carbocycles. The summed E-state index contributed by atoms with van der Waals surface area (Å²) in [6.07, 6.45) is 1.43. The molecule has 3 N–H and O–H groups in total. The van der Waals surface area contributed by atoms with E-state index in [-0.39, 0.29) is 27.9 Å². The van der Waals surface area contributed by atoms with Crippen molar-refractivity contribution in [3.63, 3.8) is 0 Å². The number of hydrogen-bond donors (Lipinski definition) is 3. The van der Waals surface area contributed by atoms with Gasteiger partial charge in [0.15, 0.2) is 0 Å². The molecule has 1 atom stereocenters. The van der Waals surface area contributed by atoms with Crippen molar-refractivity contribution >= 4 is 28.9 Å². The fourth-order valence-corrected chi connectivity index (χ4v) is 2.87. The third-order valence-electron chi connectivity index (χ3n) is 3.80. The molecule has 1 amide bonds. The van der Waals surface area contributed by atoms with Gasteiger partial charge in [-0.15, -0.1) is 0 Å². The van der Waals surface area contributed by atoms with Gasteiger partial charge in [-0.1, -0.05) is 17.7 Å². The van der Waals surface area contributed by atoms with Gasteiger partial charge < -0.3 is 10.4 Å². The van der Waals surface area contributed by atoms with Crippen LogP contribution in [0, 0.1) is 17.1 Å². The fourth-order valence-electron chi connectivity index (χ4n) is 2.71. The summed E-state index contributed by atoms with van der Waals surface area (Å²) in [6.45, 7) is 1.33. The highest BCUT2D eigenvalue weighted by Gasteiger charge is 2.29. The smallest absolute Gasteiger partial charge is 0.235 e. The zero-order valence-electron chi connectivity index (χ0n) is 13.6. The van der Waals surface area contributed by atoms with E-state index in [1.54, 1.807) is 6.07 Å². The summed E-state index contributed by atoms with van der Waals surface area (Å²) in [6, 6.07) is 10.1. The van der Waals surface area contributed by atoms with E-state index < -0.39 is 11.9 Å². The molecule has 6 nitrogen and oxygen atoms in total. The number of carbonyl (C=O) groups excluding carboxylic acids is 1. The van der Waals surface area contributed by atoms with Gasteiger partial charge in [0, 0.05) is 29.8 Å². The lowest BCUT2D eigenvalue weighted by Crippen LogP contribution is -2.40. The van der Waals surface area contributed by atoms with Gasteiger partial charge >= 0.3 is 0 Å². The Balaban J connectivity index is 2.07.